The zero-order valence-corrected chi connectivity index (χ0v) is 16.3. The van der Waals surface area contributed by atoms with Crippen molar-refractivity contribution in [3.8, 4) is 5.75 Å². The molecule has 0 aliphatic carbocycles. The van der Waals surface area contributed by atoms with E-state index in [0.717, 1.165) is 0 Å². The van der Waals surface area contributed by atoms with Crippen molar-refractivity contribution in [1.29, 1.82) is 0 Å². The second kappa shape index (κ2) is 13.3. The predicted octanol–water partition coefficient (Wildman–Crippen LogP) is 1.69. The molecule has 0 radical (unpaired) electrons. The van der Waals surface area contributed by atoms with E-state index in [9.17, 15) is 41.1 Å². The number of Topliss-reactive ketones (excluding diaryl/α,β-unsaturated/α-hetero) is 1. The number of ether oxygens (including phenoxy) is 4. The van der Waals surface area contributed by atoms with Crippen molar-refractivity contribution in [2.75, 3.05) is 33.0 Å². The van der Waals surface area contributed by atoms with Gasteiger partial charge in [0.2, 0.25) is 40.6 Å². The van der Waals surface area contributed by atoms with Crippen LogP contribution in [0.5, 0.6) is 5.75 Å². The molecule has 0 heterocycles. The largest absolute Gasteiger partial charge is 0.476 e. The molecule has 178 valence electrons. The van der Waals surface area contributed by atoms with Gasteiger partial charge >= 0.3 is 17.9 Å². The molecule has 0 aliphatic rings. The van der Waals surface area contributed by atoms with Crippen LogP contribution >= 0.6 is 0 Å². The first-order valence-corrected chi connectivity index (χ1v) is 8.85. The summed E-state index contributed by atoms with van der Waals surface area (Å²) >= 11 is 0. The molecule has 0 fully saturated rings. The number of rotatable bonds is 14. The summed E-state index contributed by atoms with van der Waals surface area (Å²) in [6, 6.07) is 0. The molecule has 0 aromatic heterocycles. The zero-order chi connectivity index (χ0) is 24.3. The third kappa shape index (κ3) is 8.55. The Kier molecular flexibility index (Phi) is 11.2. The summed E-state index contributed by atoms with van der Waals surface area (Å²) in [4.78, 5) is 43.8. The van der Waals surface area contributed by atoms with Crippen molar-refractivity contribution in [3.63, 3.8) is 0 Å². The first-order valence-electron chi connectivity index (χ1n) is 8.85. The van der Waals surface area contributed by atoms with Crippen molar-refractivity contribution in [3.05, 3.63) is 29.1 Å². The molecule has 9 nitrogen and oxygen atoms in total. The van der Waals surface area contributed by atoms with Crippen molar-refractivity contribution >= 4 is 23.7 Å². The number of carbonyl (C=O) groups excluding carboxylic acids is 3. The lowest BCUT2D eigenvalue weighted by atomic mass is 10.2. The minimum Gasteiger partial charge on any atom is -0.476 e. The van der Waals surface area contributed by atoms with Crippen LogP contribution in [0.25, 0.3) is 0 Å². The van der Waals surface area contributed by atoms with Gasteiger partial charge in [-0.25, -0.2) is 18.0 Å². The molecule has 0 unspecified atom stereocenters. The maximum absolute atomic E-state index is 13.4. The Balaban J connectivity index is 2.16. The number of esters is 2. The van der Waals surface area contributed by atoms with Gasteiger partial charge in [0.25, 0.3) is 0 Å². The van der Waals surface area contributed by atoms with E-state index in [1.54, 1.807) is 0 Å². The Hall–Kier alpha value is -3.13. The molecule has 14 heteroatoms. The van der Waals surface area contributed by atoms with E-state index < -0.39 is 77.8 Å². The summed E-state index contributed by atoms with van der Waals surface area (Å²) in [7, 11) is 0. The SMILES string of the molecule is O=C(CCC(=O)C(=O)O)OCCOCCOCCC(=O)Oc1c(F)c(F)c(F)c(F)c1F. The maximum atomic E-state index is 13.4. The van der Waals surface area contributed by atoms with Crippen LogP contribution < -0.4 is 4.74 Å². The fraction of sp³-hybridized carbons (Fsp3) is 0.444. The van der Waals surface area contributed by atoms with Crippen LogP contribution in [0.15, 0.2) is 0 Å². The fourth-order valence-corrected chi connectivity index (χ4v) is 1.93. The average Bonchev–Trinajstić information content (AvgIpc) is 2.76. The molecule has 1 rings (SSSR count). The van der Waals surface area contributed by atoms with Crippen molar-refractivity contribution in [2.24, 2.45) is 0 Å². The van der Waals surface area contributed by atoms with E-state index in [4.69, 9.17) is 14.6 Å². The van der Waals surface area contributed by atoms with E-state index >= 15 is 0 Å². The predicted molar refractivity (Wildman–Crippen MR) is 91.0 cm³/mol. The second-order valence-electron chi connectivity index (χ2n) is 5.80. The minimum absolute atomic E-state index is 0.0122. The van der Waals surface area contributed by atoms with E-state index in [1.807, 2.05) is 0 Å². The number of benzene rings is 1. The van der Waals surface area contributed by atoms with E-state index in [-0.39, 0.29) is 33.0 Å². The molecule has 0 atom stereocenters. The lowest BCUT2D eigenvalue weighted by molar-refractivity contribution is -0.151. The van der Waals surface area contributed by atoms with E-state index in [0.29, 0.717) is 0 Å². The Bertz CT molecular complexity index is 831. The minimum atomic E-state index is -2.38. The number of carbonyl (C=O) groups is 4. The highest BCUT2D eigenvalue weighted by Crippen LogP contribution is 2.29. The second-order valence-corrected chi connectivity index (χ2v) is 5.80. The highest BCUT2D eigenvalue weighted by atomic mass is 19.2. The summed E-state index contributed by atoms with van der Waals surface area (Å²) < 4.78 is 84.6. The number of hydrogen-bond donors (Lipinski definition) is 1. The Labute approximate surface area is 177 Å². The fourth-order valence-electron chi connectivity index (χ4n) is 1.93. The monoisotopic (exact) mass is 472 g/mol. The van der Waals surface area contributed by atoms with Gasteiger partial charge in [0.1, 0.15) is 6.61 Å². The number of halogens is 5. The normalized spacial score (nSPS) is 10.7. The van der Waals surface area contributed by atoms with Crippen LogP contribution in [0.2, 0.25) is 0 Å². The highest BCUT2D eigenvalue weighted by Gasteiger charge is 2.28. The third-order valence-corrected chi connectivity index (χ3v) is 3.49. The summed E-state index contributed by atoms with van der Waals surface area (Å²) in [5.41, 5.74) is 0. The molecule has 0 saturated heterocycles. The van der Waals surface area contributed by atoms with Crippen molar-refractivity contribution < 1.29 is 65.2 Å². The van der Waals surface area contributed by atoms with Gasteiger partial charge in [-0.2, -0.15) is 8.78 Å². The summed E-state index contributed by atoms with van der Waals surface area (Å²) in [6.45, 7) is -0.610. The summed E-state index contributed by atoms with van der Waals surface area (Å²) in [5, 5.41) is 8.35. The molecule has 1 aromatic rings. The van der Waals surface area contributed by atoms with Gasteiger partial charge in [-0.1, -0.05) is 0 Å². The van der Waals surface area contributed by atoms with Gasteiger partial charge in [-0.15, -0.1) is 0 Å². The molecular formula is C18H17F5O9. The van der Waals surface area contributed by atoms with Crippen LogP contribution in [0.3, 0.4) is 0 Å². The van der Waals surface area contributed by atoms with Gasteiger partial charge in [0.15, 0.2) is 0 Å². The van der Waals surface area contributed by atoms with Crippen molar-refractivity contribution in [1.82, 2.24) is 0 Å². The van der Waals surface area contributed by atoms with Crippen molar-refractivity contribution in [2.45, 2.75) is 19.3 Å². The van der Waals surface area contributed by atoms with Crippen LogP contribution in [-0.4, -0.2) is 61.8 Å². The zero-order valence-electron chi connectivity index (χ0n) is 16.3. The summed E-state index contributed by atoms with van der Waals surface area (Å²) in [6.07, 6.45) is -1.45. The molecule has 0 aliphatic heterocycles. The number of aliphatic carboxylic acids is 1. The average molecular weight is 472 g/mol. The number of hydrogen-bond acceptors (Lipinski definition) is 8. The Morgan fingerprint density at radius 3 is 1.69 bits per heavy atom. The number of ketones is 1. The lowest BCUT2D eigenvalue weighted by Gasteiger charge is -2.09. The van der Waals surface area contributed by atoms with E-state index in [1.165, 1.54) is 0 Å². The quantitative estimate of drug-likeness (QED) is 0.0819. The molecule has 0 amide bonds. The van der Waals surface area contributed by atoms with Crippen LogP contribution in [-0.2, 0) is 33.4 Å². The van der Waals surface area contributed by atoms with E-state index in [2.05, 4.69) is 9.47 Å². The van der Waals surface area contributed by atoms with Gasteiger partial charge in [-0.05, 0) is 0 Å². The summed E-state index contributed by atoms with van der Waals surface area (Å²) in [5.74, 6) is -18.0. The lowest BCUT2D eigenvalue weighted by Crippen LogP contribution is -2.17. The molecule has 1 aromatic carbocycles. The molecule has 0 spiro atoms. The number of carboxylic acid groups (broad SMARTS) is 1. The van der Waals surface area contributed by atoms with Crippen LogP contribution in [0.4, 0.5) is 22.0 Å². The molecule has 32 heavy (non-hydrogen) atoms. The van der Waals surface area contributed by atoms with Gasteiger partial charge in [0.05, 0.1) is 39.3 Å². The first kappa shape index (κ1) is 26.9. The van der Waals surface area contributed by atoms with Crippen LogP contribution in [0.1, 0.15) is 19.3 Å². The Morgan fingerprint density at radius 2 is 1.12 bits per heavy atom. The van der Waals surface area contributed by atoms with Gasteiger partial charge in [0, 0.05) is 6.42 Å². The Morgan fingerprint density at radius 1 is 0.625 bits per heavy atom. The molecular weight excluding hydrogens is 455 g/mol. The standard InChI is InChI=1S/C18H17F5O9/c19-12-13(20)15(22)17(16(23)14(12)21)32-11(26)3-4-29-5-6-30-7-8-31-10(25)2-1-9(24)18(27)28/h1-8H2,(H,27,28). The smallest absolute Gasteiger partial charge is 0.372 e. The van der Waals surface area contributed by atoms with Gasteiger partial charge in [-0.3, -0.25) is 14.4 Å². The third-order valence-electron chi connectivity index (χ3n) is 3.49. The molecule has 0 saturated carbocycles. The van der Waals surface area contributed by atoms with Gasteiger partial charge < -0.3 is 24.1 Å². The number of carboxylic acids is 1. The topological polar surface area (TPSA) is 125 Å². The molecule has 1 N–H and O–H groups in total. The maximum Gasteiger partial charge on any atom is 0.372 e. The highest BCUT2D eigenvalue weighted by molar-refractivity contribution is 6.32. The first-order chi connectivity index (χ1) is 15.1. The van der Waals surface area contributed by atoms with Crippen LogP contribution in [0, 0.1) is 29.1 Å². The molecule has 0 bridgehead atoms.